The molecule has 0 spiro atoms. The highest BCUT2D eigenvalue weighted by Crippen LogP contribution is 2.26. The number of amides is 1. The fourth-order valence-electron chi connectivity index (χ4n) is 2.34. The van der Waals surface area contributed by atoms with Gasteiger partial charge >= 0.3 is 0 Å². The van der Waals surface area contributed by atoms with E-state index in [1.807, 2.05) is 18.2 Å². The van der Waals surface area contributed by atoms with E-state index in [1.54, 1.807) is 4.90 Å². The molecule has 6 heteroatoms. The summed E-state index contributed by atoms with van der Waals surface area (Å²) >= 11 is 5.03. The van der Waals surface area contributed by atoms with Gasteiger partial charge in [0.05, 0.1) is 11.0 Å². The summed E-state index contributed by atoms with van der Waals surface area (Å²) in [5, 5.41) is 9.12. The Morgan fingerprint density at radius 3 is 2.89 bits per heavy atom. The minimum absolute atomic E-state index is 0.0397. The largest absolute Gasteiger partial charge is 0.396 e. The number of carbonyl (C=O) groups excluding carboxylic acids is 1. The van der Waals surface area contributed by atoms with Crippen molar-refractivity contribution in [1.29, 1.82) is 0 Å². The number of fused-ring (bicyclic) bond motifs is 1. The van der Waals surface area contributed by atoms with Crippen LogP contribution in [0.3, 0.4) is 0 Å². The van der Waals surface area contributed by atoms with Gasteiger partial charge < -0.3 is 20.0 Å². The lowest BCUT2D eigenvalue weighted by Crippen LogP contribution is -2.24. The highest BCUT2D eigenvalue weighted by Gasteiger charge is 2.30. The summed E-state index contributed by atoms with van der Waals surface area (Å²) in [5.41, 5.74) is 2.65. The highest BCUT2D eigenvalue weighted by atomic mass is 32.1. The molecule has 0 aliphatic carbocycles. The Hall–Kier alpha value is -1.66. The van der Waals surface area contributed by atoms with Crippen LogP contribution in [0.5, 0.6) is 0 Å². The SMILES string of the molecule is O=C1CC(CO)CN1c1ccc2[nH]c(=S)[nH]c2c1. The number of rotatable bonds is 2. The monoisotopic (exact) mass is 263 g/mol. The Morgan fingerprint density at radius 2 is 2.17 bits per heavy atom. The summed E-state index contributed by atoms with van der Waals surface area (Å²) in [7, 11) is 0. The highest BCUT2D eigenvalue weighted by molar-refractivity contribution is 7.71. The molecule has 5 nitrogen and oxygen atoms in total. The fourth-order valence-corrected chi connectivity index (χ4v) is 2.56. The zero-order valence-corrected chi connectivity index (χ0v) is 10.5. The molecule has 1 aliphatic rings. The van der Waals surface area contributed by atoms with E-state index in [4.69, 9.17) is 17.3 Å². The standard InChI is InChI=1S/C12H13N3O2S/c16-6-7-3-11(17)15(5-7)8-1-2-9-10(4-8)14-12(18)13-9/h1-2,4,7,16H,3,5-6H2,(H2,13,14,18). The van der Waals surface area contributed by atoms with Crippen LogP contribution in [0, 0.1) is 10.7 Å². The molecule has 1 aromatic carbocycles. The van der Waals surface area contributed by atoms with Gasteiger partial charge in [0.15, 0.2) is 4.77 Å². The van der Waals surface area contributed by atoms with Crippen molar-refractivity contribution < 1.29 is 9.90 Å². The molecule has 0 saturated carbocycles. The number of imidazole rings is 1. The van der Waals surface area contributed by atoms with Gasteiger partial charge in [-0.1, -0.05) is 0 Å². The van der Waals surface area contributed by atoms with Gasteiger partial charge in [-0.15, -0.1) is 0 Å². The van der Waals surface area contributed by atoms with Crippen molar-refractivity contribution in [2.24, 2.45) is 5.92 Å². The first kappa shape index (κ1) is 11.4. The van der Waals surface area contributed by atoms with Gasteiger partial charge in [-0.2, -0.15) is 0 Å². The van der Waals surface area contributed by atoms with Gasteiger partial charge in [0.25, 0.3) is 0 Å². The van der Waals surface area contributed by atoms with E-state index in [0.717, 1.165) is 16.7 Å². The van der Waals surface area contributed by atoms with E-state index in [2.05, 4.69) is 9.97 Å². The van der Waals surface area contributed by atoms with Gasteiger partial charge in [0.2, 0.25) is 5.91 Å². The second-order valence-electron chi connectivity index (χ2n) is 4.57. The molecule has 0 bridgehead atoms. The molecule has 3 N–H and O–H groups in total. The van der Waals surface area contributed by atoms with Crippen LogP contribution >= 0.6 is 12.2 Å². The van der Waals surface area contributed by atoms with Crippen LogP contribution < -0.4 is 4.90 Å². The zero-order valence-electron chi connectivity index (χ0n) is 9.64. The number of aromatic amines is 2. The fraction of sp³-hybridized carbons (Fsp3) is 0.333. The number of anilines is 1. The van der Waals surface area contributed by atoms with Crippen LogP contribution in [0.15, 0.2) is 18.2 Å². The number of H-pyrrole nitrogens is 2. The molecule has 1 fully saturated rings. The molecular weight excluding hydrogens is 250 g/mol. The number of aliphatic hydroxyl groups excluding tert-OH is 1. The number of nitrogens with one attached hydrogen (secondary N) is 2. The van der Waals surface area contributed by atoms with Crippen molar-refractivity contribution in [2.75, 3.05) is 18.1 Å². The van der Waals surface area contributed by atoms with E-state index in [1.165, 1.54) is 0 Å². The van der Waals surface area contributed by atoms with Crippen molar-refractivity contribution >= 4 is 34.8 Å². The van der Waals surface area contributed by atoms with Crippen LogP contribution in [0.4, 0.5) is 5.69 Å². The Bertz CT molecular complexity index is 661. The van der Waals surface area contributed by atoms with Gasteiger partial charge in [0.1, 0.15) is 0 Å². The number of carbonyl (C=O) groups is 1. The third kappa shape index (κ3) is 1.83. The van der Waals surface area contributed by atoms with Crippen molar-refractivity contribution in [3.05, 3.63) is 23.0 Å². The minimum atomic E-state index is 0.0397. The average molecular weight is 263 g/mol. The third-order valence-corrected chi connectivity index (χ3v) is 3.48. The summed E-state index contributed by atoms with van der Waals surface area (Å²) in [5.74, 6) is 0.0976. The molecule has 18 heavy (non-hydrogen) atoms. The maximum absolute atomic E-state index is 11.9. The Morgan fingerprint density at radius 1 is 1.39 bits per heavy atom. The minimum Gasteiger partial charge on any atom is -0.396 e. The lowest BCUT2D eigenvalue weighted by atomic mass is 10.1. The van der Waals surface area contributed by atoms with E-state index in [-0.39, 0.29) is 18.4 Å². The van der Waals surface area contributed by atoms with E-state index in [0.29, 0.717) is 17.7 Å². The predicted octanol–water partition coefficient (Wildman–Crippen LogP) is 1.57. The number of nitrogens with zero attached hydrogens (tertiary/aromatic N) is 1. The van der Waals surface area contributed by atoms with E-state index < -0.39 is 0 Å². The predicted molar refractivity (Wildman–Crippen MR) is 71.0 cm³/mol. The lowest BCUT2D eigenvalue weighted by Gasteiger charge is -2.16. The maximum atomic E-state index is 11.9. The molecule has 2 heterocycles. The van der Waals surface area contributed by atoms with Gasteiger partial charge in [-0.25, -0.2) is 0 Å². The second-order valence-corrected chi connectivity index (χ2v) is 4.97. The van der Waals surface area contributed by atoms with Crippen molar-refractivity contribution in [1.82, 2.24) is 9.97 Å². The molecule has 1 atom stereocenters. The smallest absolute Gasteiger partial charge is 0.227 e. The van der Waals surface area contributed by atoms with Gasteiger partial charge in [-0.3, -0.25) is 4.79 Å². The average Bonchev–Trinajstić information content (AvgIpc) is 2.89. The first-order valence-corrected chi connectivity index (χ1v) is 6.21. The molecule has 1 unspecified atom stereocenters. The second kappa shape index (κ2) is 4.22. The number of aromatic nitrogens is 2. The van der Waals surface area contributed by atoms with E-state index >= 15 is 0 Å². The first-order chi connectivity index (χ1) is 8.67. The molecule has 94 valence electrons. The molecule has 3 rings (SSSR count). The molecule has 1 amide bonds. The van der Waals surface area contributed by atoms with E-state index in [9.17, 15) is 4.79 Å². The summed E-state index contributed by atoms with van der Waals surface area (Å²) in [6, 6.07) is 5.69. The summed E-state index contributed by atoms with van der Waals surface area (Å²) in [6.45, 7) is 0.628. The lowest BCUT2D eigenvalue weighted by molar-refractivity contribution is -0.117. The summed E-state index contributed by atoms with van der Waals surface area (Å²) in [6.07, 6.45) is 0.414. The molecular formula is C12H13N3O2S. The summed E-state index contributed by atoms with van der Waals surface area (Å²) < 4.78 is 0.572. The number of benzene rings is 1. The third-order valence-electron chi connectivity index (χ3n) is 3.27. The molecule has 0 radical (unpaired) electrons. The maximum Gasteiger partial charge on any atom is 0.227 e. The Kier molecular flexibility index (Phi) is 2.68. The number of aliphatic hydroxyl groups is 1. The Labute approximate surface area is 108 Å². The quantitative estimate of drug-likeness (QED) is 0.720. The molecule has 2 aromatic rings. The van der Waals surface area contributed by atoms with Crippen molar-refractivity contribution in [3.63, 3.8) is 0 Å². The molecule has 1 saturated heterocycles. The zero-order chi connectivity index (χ0) is 12.7. The Balaban J connectivity index is 1.99. The molecule has 1 aromatic heterocycles. The first-order valence-electron chi connectivity index (χ1n) is 5.80. The van der Waals surface area contributed by atoms with Crippen LogP contribution in [-0.2, 0) is 4.79 Å². The molecule has 1 aliphatic heterocycles. The summed E-state index contributed by atoms with van der Waals surface area (Å²) in [4.78, 5) is 19.6. The van der Waals surface area contributed by atoms with Crippen LogP contribution in [0.2, 0.25) is 0 Å². The van der Waals surface area contributed by atoms with Gasteiger partial charge in [-0.05, 0) is 30.4 Å². The van der Waals surface area contributed by atoms with Crippen LogP contribution in [0.25, 0.3) is 11.0 Å². The number of hydrogen-bond donors (Lipinski definition) is 3. The van der Waals surface area contributed by atoms with Crippen LogP contribution in [0.1, 0.15) is 6.42 Å². The van der Waals surface area contributed by atoms with Crippen molar-refractivity contribution in [3.8, 4) is 0 Å². The van der Waals surface area contributed by atoms with Gasteiger partial charge in [0, 0.05) is 31.2 Å². The topological polar surface area (TPSA) is 72.1 Å². The normalized spacial score (nSPS) is 19.9. The number of hydrogen-bond acceptors (Lipinski definition) is 3. The van der Waals surface area contributed by atoms with Crippen molar-refractivity contribution in [2.45, 2.75) is 6.42 Å². The van der Waals surface area contributed by atoms with Crippen LogP contribution in [-0.4, -0.2) is 34.1 Å².